The van der Waals surface area contributed by atoms with E-state index in [-0.39, 0.29) is 27.7 Å². The van der Waals surface area contributed by atoms with Crippen molar-refractivity contribution in [3.05, 3.63) is 99.3 Å². The Bertz CT molecular complexity index is 1460. The van der Waals surface area contributed by atoms with Crippen molar-refractivity contribution in [3.8, 4) is 5.69 Å². The molecule has 34 heavy (non-hydrogen) atoms. The van der Waals surface area contributed by atoms with E-state index in [0.29, 0.717) is 22.2 Å². The van der Waals surface area contributed by atoms with Gasteiger partial charge in [-0.3, -0.25) is 14.2 Å². The number of hydrogen-bond donors (Lipinski definition) is 1. The van der Waals surface area contributed by atoms with Crippen molar-refractivity contribution >= 4 is 40.2 Å². The first-order chi connectivity index (χ1) is 16.4. The molecule has 1 N–H and O–H groups in total. The van der Waals surface area contributed by atoms with E-state index in [9.17, 15) is 18.4 Å². The molecule has 4 aromatic rings. The van der Waals surface area contributed by atoms with E-state index in [1.807, 2.05) is 0 Å². The topological polar surface area (TPSA) is 64.0 Å². The van der Waals surface area contributed by atoms with Crippen LogP contribution in [0, 0.1) is 11.6 Å². The van der Waals surface area contributed by atoms with Crippen molar-refractivity contribution in [2.24, 2.45) is 0 Å². The lowest BCUT2D eigenvalue weighted by molar-refractivity contribution is -0.120. The molecule has 3 aromatic carbocycles. The summed E-state index contributed by atoms with van der Waals surface area (Å²) >= 11 is 7.07. The quantitative estimate of drug-likeness (QED) is 0.285. The number of para-hydroxylation sites is 1. The summed E-state index contributed by atoms with van der Waals surface area (Å²) in [5, 5.41) is 2.63. The van der Waals surface area contributed by atoms with Crippen LogP contribution in [0.1, 0.15) is 23.7 Å². The predicted octanol–water partition coefficient (Wildman–Crippen LogP) is 5.43. The van der Waals surface area contributed by atoms with E-state index in [4.69, 9.17) is 11.6 Å². The molecule has 0 bridgehead atoms. The van der Waals surface area contributed by atoms with Crippen LogP contribution in [0.3, 0.4) is 0 Å². The van der Waals surface area contributed by atoms with Crippen LogP contribution < -0.4 is 10.9 Å². The lowest BCUT2D eigenvalue weighted by Crippen LogP contribution is -2.30. The molecule has 1 heterocycles. The van der Waals surface area contributed by atoms with E-state index in [1.54, 1.807) is 24.3 Å². The van der Waals surface area contributed by atoms with Gasteiger partial charge >= 0.3 is 0 Å². The summed E-state index contributed by atoms with van der Waals surface area (Å²) in [6.45, 7) is 0. The average molecular weight is 498 g/mol. The van der Waals surface area contributed by atoms with Crippen LogP contribution in [0.25, 0.3) is 16.6 Å². The number of nitrogens with one attached hydrogen (secondary N) is 1. The maximum atomic E-state index is 13.8. The Morgan fingerprint density at radius 3 is 2.53 bits per heavy atom. The van der Waals surface area contributed by atoms with Gasteiger partial charge < -0.3 is 5.32 Å². The van der Waals surface area contributed by atoms with Gasteiger partial charge in [-0.05, 0) is 60.9 Å². The average Bonchev–Trinajstić information content (AvgIpc) is 3.64. The number of carbonyl (C=O) groups is 1. The molecule has 5 nitrogen and oxygen atoms in total. The molecule has 9 heteroatoms. The summed E-state index contributed by atoms with van der Waals surface area (Å²) < 4.78 is 28.7. The standard InChI is InChI=1S/C25H18ClF2N3O2S/c26-19-13-17(11-12-20(19)28)31-24(33)18-3-1-2-4-21(18)30-25(31)34-22(23(32)29-16-9-10-16)14-5-7-15(27)8-6-14/h1-8,11-13,16,22H,9-10H2,(H,29,32). The van der Waals surface area contributed by atoms with Gasteiger partial charge in [-0.2, -0.15) is 0 Å². The lowest BCUT2D eigenvalue weighted by atomic mass is 10.1. The molecular weight excluding hydrogens is 480 g/mol. The Morgan fingerprint density at radius 1 is 1.09 bits per heavy atom. The summed E-state index contributed by atoms with van der Waals surface area (Å²) in [6, 6.07) is 16.6. The molecule has 1 aliphatic carbocycles. The highest BCUT2D eigenvalue weighted by Crippen LogP contribution is 2.37. The molecular formula is C25H18ClF2N3O2S. The van der Waals surface area contributed by atoms with Gasteiger partial charge in [0.15, 0.2) is 5.16 Å². The van der Waals surface area contributed by atoms with Crippen molar-refractivity contribution in [2.75, 3.05) is 0 Å². The van der Waals surface area contributed by atoms with Crippen LogP contribution >= 0.6 is 23.4 Å². The van der Waals surface area contributed by atoms with E-state index >= 15 is 0 Å². The van der Waals surface area contributed by atoms with Crippen molar-refractivity contribution < 1.29 is 13.6 Å². The number of carbonyl (C=O) groups excluding carboxylic acids is 1. The number of thioether (sulfide) groups is 1. The zero-order chi connectivity index (χ0) is 23.8. The van der Waals surface area contributed by atoms with Gasteiger partial charge in [0.05, 0.1) is 21.6 Å². The number of rotatable bonds is 6. The van der Waals surface area contributed by atoms with Crippen molar-refractivity contribution in [1.82, 2.24) is 14.9 Å². The molecule has 1 amide bonds. The molecule has 172 valence electrons. The lowest BCUT2D eigenvalue weighted by Gasteiger charge is -2.19. The first kappa shape index (κ1) is 22.6. The Balaban J connectivity index is 1.67. The highest BCUT2D eigenvalue weighted by molar-refractivity contribution is 8.00. The number of benzene rings is 3. The zero-order valence-electron chi connectivity index (χ0n) is 17.7. The number of aromatic nitrogens is 2. The van der Waals surface area contributed by atoms with E-state index < -0.39 is 16.9 Å². The van der Waals surface area contributed by atoms with E-state index in [2.05, 4.69) is 10.3 Å². The summed E-state index contributed by atoms with van der Waals surface area (Å²) in [6.07, 6.45) is 1.80. The SMILES string of the molecule is O=C(NC1CC1)C(Sc1nc2ccccc2c(=O)n1-c1ccc(F)c(Cl)c1)c1ccc(F)cc1. The fourth-order valence-electron chi connectivity index (χ4n) is 3.56. The Hall–Kier alpha value is -3.23. The minimum Gasteiger partial charge on any atom is -0.352 e. The van der Waals surface area contributed by atoms with Crippen LogP contribution in [0.2, 0.25) is 5.02 Å². The Morgan fingerprint density at radius 2 is 1.82 bits per heavy atom. The minimum absolute atomic E-state index is 0.110. The van der Waals surface area contributed by atoms with Gasteiger partial charge in [-0.1, -0.05) is 47.6 Å². The number of hydrogen-bond acceptors (Lipinski definition) is 4. The maximum Gasteiger partial charge on any atom is 0.266 e. The highest BCUT2D eigenvalue weighted by Gasteiger charge is 2.30. The van der Waals surface area contributed by atoms with Gasteiger partial charge in [-0.15, -0.1) is 0 Å². The Kier molecular flexibility index (Phi) is 6.10. The fourth-order valence-corrected chi connectivity index (χ4v) is 4.86. The monoisotopic (exact) mass is 497 g/mol. The molecule has 0 aliphatic heterocycles. The van der Waals surface area contributed by atoms with Gasteiger partial charge in [0.25, 0.3) is 5.56 Å². The second-order valence-corrected chi connectivity index (χ2v) is 9.46. The predicted molar refractivity (Wildman–Crippen MR) is 128 cm³/mol. The second-order valence-electron chi connectivity index (χ2n) is 7.98. The molecule has 0 saturated heterocycles. The van der Waals surface area contributed by atoms with Crippen molar-refractivity contribution in [3.63, 3.8) is 0 Å². The van der Waals surface area contributed by atoms with Crippen molar-refractivity contribution in [1.29, 1.82) is 0 Å². The van der Waals surface area contributed by atoms with Crippen LogP contribution in [0.4, 0.5) is 8.78 Å². The minimum atomic E-state index is -0.795. The molecule has 0 spiro atoms. The molecule has 1 aliphatic rings. The normalized spacial score (nSPS) is 14.2. The molecule has 1 saturated carbocycles. The van der Waals surface area contributed by atoms with Gasteiger partial charge in [0.2, 0.25) is 5.91 Å². The van der Waals surface area contributed by atoms with E-state index in [0.717, 1.165) is 24.6 Å². The van der Waals surface area contributed by atoms with Crippen LogP contribution in [0.15, 0.2) is 76.7 Å². The second kappa shape index (κ2) is 9.19. The summed E-state index contributed by atoms with van der Waals surface area (Å²) in [4.78, 5) is 31.3. The molecule has 1 fully saturated rings. The van der Waals surface area contributed by atoms with Gasteiger partial charge in [0, 0.05) is 6.04 Å². The first-order valence-corrected chi connectivity index (χ1v) is 11.9. The Labute approximate surface area is 202 Å². The third-order valence-corrected chi connectivity index (χ3v) is 6.96. The smallest absolute Gasteiger partial charge is 0.266 e. The molecule has 1 atom stereocenters. The number of halogens is 3. The number of amides is 1. The summed E-state index contributed by atoms with van der Waals surface area (Å²) in [7, 11) is 0. The van der Waals surface area contributed by atoms with Gasteiger partial charge in [0.1, 0.15) is 16.9 Å². The van der Waals surface area contributed by atoms with Crippen LogP contribution in [0.5, 0.6) is 0 Å². The molecule has 5 rings (SSSR count). The van der Waals surface area contributed by atoms with Crippen molar-refractivity contribution in [2.45, 2.75) is 29.3 Å². The number of nitrogens with zero attached hydrogens (tertiary/aromatic N) is 2. The van der Waals surface area contributed by atoms with Gasteiger partial charge in [-0.25, -0.2) is 13.8 Å². The van der Waals surface area contributed by atoms with E-state index in [1.165, 1.54) is 47.0 Å². The third-order valence-electron chi connectivity index (χ3n) is 5.46. The highest BCUT2D eigenvalue weighted by atomic mass is 35.5. The summed E-state index contributed by atoms with van der Waals surface area (Å²) in [5.74, 6) is -1.29. The molecule has 1 aromatic heterocycles. The maximum absolute atomic E-state index is 13.8. The summed E-state index contributed by atoms with van der Waals surface area (Å²) in [5.41, 5.74) is 0.962. The number of fused-ring (bicyclic) bond motifs is 1. The third kappa shape index (κ3) is 4.56. The van der Waals surface area contributed by atoms with Crippen LogP contribution in [-0.4, -0.2) is 21.5 Å². The zero-order valence-corrected chi connectivity index (χ0v) is 19.2. The van der Waals surface area contributed by atoms with Crippen LogP contribution in [-0.2, 0) is 4.79 Å². The molecule has 0 radical (unpaired) electrons. The fraction of sp³-hybridized carbons (Fsp3) is 0.160. The molecule has 1 unspecified atom stereocenters. The largest absolute Gasteiger partial charge is 0.352 e. The first-order valence-electron chi connectivity index (χ1n) is 10.6.